The highest BCUT2D eigenvalue weighted by Gasteiger charge is 2.25. The first-order valence-electron chi connectivity index (χ1n) is 10.7. The van der Waals surface area contributed by atoms with Crippen molar-refractivity contribution < 1.29 is 9.59 Å². The van der Waals surface area contributed by atoms with E-state index < -0.39 is 0 Å². The first-order chi connectivity index (χ1) is 14.7. The van der Waals surface area contributed by atoms with Crippen LogP contribution in [0.3, 0.4) is 0 Å². The van der Waals surface area contributed by atoms with Crippen molar-refractivity contribution in [2.45, 2.75) is 52.0 Å². The van der Waals surface area contributed by atoms with Crippen molar-refractivity contribution in [3.8, 4) is 6.07 Å². The largest absolute Gasteiger partial charge is 0.339 e. The molecule has 1 aliphatic rings. The minimum Gasteiger partial charge on any atom is -0.339 e. The lowest BCUT2D eigenvalue weighted by atomic mass is 9.89. The third-order valence-corrected chi connectivity index (χ3v) is 5.51. The van der Waals surface area contributed by atoms with Crippen LogP contribution in [0.1, 0.15) is 66.6 Å². The van der Waals surface area contributed by atoms with E-state index in [0.717, 1.165) is 18.4 Å². The Morgan fingerprint density at radius 1 is 1.06 bits per heavy atom. The maximum absolute atomic E-state index is 13.1. The van der Waals surface area contributed by atoms with Crippen molar-refractivity contribution in [2.75, 3.05) is 18.4 Å². The fourth-order valence-electron chi connectivity index (χ4n) is 3.81. The van der Waals surface area contributed by atoms with Crippen LogP contribution in [0.4, 0.5) is 10.5 Å². The predicted octanol–water partition coefficient (Wildman–Crippen LogP) is 4.81. The predicted molar refractivity (Wildman–Crippen MR) is 122 cm³/mol. The third kappa shape index (κ3) is 5.85. The van der Waals surface area contributed by atoms with Crippen LogP contribution < -0.4 is 10.6 Å². The van der Waals surface area contributed by atoms with Gasteiger partial charge in [-0.15, -0.1) is 0 Å². The van der Waals surface area contributed by atoms with Gasteiger partial charge in [-0.05, 0) is 81.8 Å². The molecule has 31 heavy (non-hydrogen) atoms. The number of piperidine rings is 1. The molecule has 6 nitrogen and oxygen atoms in total. The molecule has 0 radical (unpaired) electrons. The molecule has 3 rings (SSSR count). The molecule has 6 heteroatoms. The standard InChI is InChI=1S/C25H30N4O2/c1-17-5-8-21(15-22(17)27-24(31)28-25(2,3)4)23(30)29-13-11-20(12-14-29)19-9-6-18(16-26)7-10-19/h5-10,15,20H,11-14H2,1-4H3,(H2,27,28,31). The monoisotopic (exact) mass is 418 g/mol. The number of amides is 3. The highest BCUT2D eigenvalue weighted by molar-refractivity contribution is 5.97. The molecule has 1 saturated heterocycles. The molecule has 0 unspecified atom stereocenters. The Morgan fingerprint density at radius 3 is 2.29 bits per heavy atom. The van der Waals surface area contributed by atoms with Crippen LogP contribution in [0.25, 0.3) is 0 Å². The molecular formula is C25H30N4O2. The van der Waals surface area contributed by atoms with Gasteiger partial charge in [-0.1, -0.05) is 18.2 Å². The number of carbonyl (C=O) groups is 2. The number of benzene rings is 2. The lowest BCUT2D eigenvalue weighted by Gasteiger charge is -2.32. The van der Waals surface area contributed by atoms with Crippen molar-refractivity contribution in [3.63, 3.8) is 0 Å². The van der Waals surface area contributed by atoms with E-state index in [1.807, 2.05) is 69.0 Å². The van der Waals surface area contributed by atoms with Gasteiger partial charge in [0.1, 0.15) is 0 Å². The van der Waals surface area contributed by atoms with E-state index in [0.29, 0.717) is 35.8 Å². The van der Waals surface area contributed by atoms with E-state index in [2.05, 4.69) is 16.7 Å². The minimum absolute atomic E-state index is 0.0162. The molecule has 2 aromatic carbocycles. The number of hydrogen-bond donors (Lipinski definition) is 2. The molecule has 0 atom stereocenters. The number of nitrogens with one attached hydrogen (secondary N) is 2. The average molecular weight is 419 g/mol. The first-order valence-corrected chi connectivity index (χ1v) is 10.7. The SMILES string of the molecule is Cc1ccc(C(=O)N2CCC(c3ccc(C#N)cc3)CC2)cc1NC(=O)NC(C)(C)C. The van der Waals surface area contributed by atoms with Gasteiger partial charge in [0.05, 0.1) is 11.6 Å². The summed E-state index contributed by atoms with van der Waals surface area (Å²) in [5.74, 6) is 0.380. The van der Waals surface area contributed by atoms with E-state index in [9.17, 15) is 9.59 Å². The number of urea groups is 1. The quantitative estimate of drug-likeness (QED) is 0.750. The highest BCUT2D eigenvalue weighted by atomic mass is 16.2. The number of anilines is 1. The summed E-state index contributed by atoms with van der Waals surface area (Å²) in [5.41, 5.74) is 3.66. The zero-order valence-corrected chi connectivity index (χ0v) is 18.7. The minimum atomic E-state index is -0.343. The Hall–Kier alpha value is -3.33. The van der Waals surface area contributed by atoms with E-state index in [1.54, 1.807) is 6.07 Å². The normalized spacial score (nSPS) is 14.6. The third-order valence-electron chi connectivity index (χ3n) is 5.51. The average Bonchev–Trinajstić information content (AvgIpc) is 2.73. The topological polar surface area (TPSA) is 85.2 Å². The zero-order valence-electron chi connectivity index (χ0n) is 18.7. The van der Waals surface area contributed by atoms with Crippen LogP contribution in [0.5, 0.6) is 0 Å². The van der Waals surface area contributed by atoms with Crippen molar-refractivity contribution in [3.05, 3.63) is 64.7 Å². The Balaban J connectivity index is 1.64. The van der Waals surface area contributed by atoms with Crippen LogP contribution in [0.15, 0.2) is 42.5 Å². The lowest BCUT2D eigenvalue weighted by molar-refractivity contribution is 0.0713. The van der Waals surface area contributed by atoms with Gasteiger partial charge in [0.2, 0.25) is 0 Å². The maximum atomic E-state index is 13.1. The van der Waals surface area contributed by atoms with E-state index >= 15 is 0 Å². The molecule has 0 bridgehead atoms. The van der Waals surface area contributed by atoms with Gasteiger partial charge in [-0.25, -0.2) is 4.79 Å². The summed E-state index contributed by atoms with van der Waals surface area (Å²) in [6, 6.07) is 15.0. The molecular weight excluding hydrogens is 388 g/mol. The van der Waals surface area contributed by atoms with Crippen LogP contribution in [0, 0.1) is 18.3 Å². The smallest absolute Gasteiger partial charge is 0.319 e. The van der Waals surface area contributed by atoms with Gasteiger partial charge >= 0.3 is 6.03 Å². The second-order valence-corrected chi connectivity index (χ2v) is 9.16. The molecule has 2 N–H and O–H groups in total. The molecule has 3 amide bonds. The number of likely N-dealkylation sites (tertiary alicyclic amines) is 1. The number of aryl methyl sites for hydroxylation is 1. The first kappa shape index (κ1) is 22.4. The van der Waals surface area contributed by atoms with Crippen LogP contribution >= 0.6 is 0 Å². The van der Waals surface area contributed by atoms with E-state index in [-0.39, 0.29) is 17.5 Å². The number of nitrogens with zero attached hydrogens (tertiary/aromatic N) is 2. The number of rotatable bonds is 3. The maximum Gasteiger partial charge on any atom is 0.319 e. The summed E-state index contributed by atoms with van der Waals surface area (Å²) in [5, 5.41) is 14.7. The summed E-state index contributed by atoms with van der Waals surface area (Å²) in [7, 11) is 0. The Bertz CT molecular complexity index is 992. The molecule has 1 aliphatic heterocycles. The number of hydrogen-bond acceptors (Lipinski definition) is 3. The van der Waals surface area contributed by atoms with Gasteiger partial charge < -0.3 is 15.5 Å². The fourth-order valence-corrected chi connectivity index (χ4v) is 3.81. The van der Waals surface area contributed by atoms with Crippen LogP contribution in [-0.2, 0) is 0 Å². The molecule has 0 spiro atoms. The Labute approximate surface area is 184 Å². The summed E-state index contributed by atoms with van der Waals surface area (Å²) < 4.78 is 0. The van der Waals surface area contributed by atoms with Crippen molar-refractivity contribution in [2.24, 2.45) is 0 Å². The lowest BCUT2D eigenvalue weighted by Crippen LogP contribution is -2.43. The summed E-state index contributed by atoms with van der Waals surface area (Å²) in [4.78, 5) is 27.2. The van der Waals surface area contributed by atoms with Crippen molar-refractivity contribution in [1.82, 2.24) is 10.2 Å². The van der Waals surface area contributed by atoms with Crippen LogP contribution in [-0.4, -0.2) is 35.5 Å². The molecule has 0 aromatic heterocycles. The molecule has 162 valence electrons. The summed E-state index contributed by atoms with van der Waals surface area (Å²) in [6.07, 6.45) is 1.78. The van der Waals surface area contributed by atoms with Gasteiger partial charge in [-0.3, -0.25) is 4.79 Å². The van der Waals surface area contributed by atoms with Crippen molar-refractivity contribution in [1.29, 1.82) is 5.26 Å². The molecule has 2 aromatic rings. The zero-order chi connectivity index (χ0) is 22.6. The van der Waals surface area contributed by atoms with E-state index in [4.69, 9.17) is 5.26 Å². The molecule has 1 heterocycles. The van der Waals surface area contributed by atoms with E-state index in [1.165, 1.54) is 5.56 Å². The number of nitriles is 1. The Kier molecular flexibility index (Phi) is 6.65. The van der Waals surface area contributed by atoms with Gasteiger partial charge in [0.15, 0.2) is 0 Å². The highest BCUT2D eigenvalue weighted by Crippen LogP contribution is 2.29. The van der Waals surface area contributed by atoms with Gasteiger partial charge in [0.25, 0.3) is 5.91 Å². The Morgan fingerprint density at radius 2 is 1.71 bits per heavy atom. The number of carbonyl (C=O) groups excluding carboxylic acids is 2. The van der Waals surface area contributed by atoms with Crippen molar-refractivity contribution >= 4 is 17.6 Å². The molecule has 0 aliphatic carbocycles. The molecule has 1 fully saturated rings. The van der Waals surface area contributed by atoms with Crippen LogP contribution in [0.2, 0.25) is 0 Å². The second kappa shape index (κ2) is 9.22. The molecule has 0 saturated carbocycles. The summed E-state index contributed by atoms with van der Waals surface area (Å²) in [6.45, 7) is 9.03. The summed E-state index contributed by atoms with van der Waals surface area (Å²) >= 11 is 0. The van der Waals surface area contributed by atoms with Gasteiger partial charge in [-0.2, -0.15) is 5.26 Å². The fraction of sp³-hybridized carbons (Fsp3) is 0.400. The second-order valence-electron chi connectivity index (χ2n) is 9.16. The van der Waals surface area contributed by atoms with Gasteiger partial charge in [0, 0.05) is 29.9 Å².